The number of aliphatic hydroxyl groups is 10. The zero-order chi connectivity index (χ0) is 52.3. The Hall–Kier alpha value is -1.74. The number of aliphatic hydroxyl groups excluding tert-OH is 10. The Morgan fingerprint density at radius 2 is 1.00 bits per heavy atom. The largest absolute Gasteiger partial charge is 0.479 e. The lowest BCUT2D eigenvalue weighted by molar-refractivity contribution is -0.347. The van der Waals surface area contributed by atoms with Crippen LogP contribution in [0.3, 0.4) is 0 Å². The minimum absolute atomic E-state index is 0.208. The Morgan fingerprint density at radius 3 is 1.51 bits per heavy atom. The SMILES string of the molecule is CCCCCCCCCCCCCCC[C@@H](O)[C@H](CO[C@H]1O[C@H](C(=O)O)[C@@H](O[C@H]2O[C@H](CO[C@H]3O[C@H](CO)[C@H](O)[C@H](O)[C@H]3O)[C@@H](O)[C@H](O)[C@H]2N)[C@H](O)[C@H]1O)NC(=O)[C@H](O)CCCCCCCCCCCC. The molecule has 3 aliphatic rings. The number of ether oxygens (including phenoxy) is 6. The molecular formula is C50H94N2O19. The van der Waals surface area contributed by atoms with E-state index in [9.17, 15) is 65.8 Å². The number of carbonyl (C=O) groups excluding carboxylic acids is 1. The number of aliphatic carboxylic acids is 1. The number of unbranched alkanes of at least 4 members (excludes halogenated alkanes) is 21. The summed E-state index contributed by atoms with van der Waals surface area (Å²) in [6.45, 7) is 2.48. The highest BCUT2D eigenvalue weighted by molar-refractivity contribution is 5.80. The van der Waals surface area contributed by atoms with E-state index in [-0.39, 0.29) is 12.8 Å². The maximum atomic E-state index is 13.3. The van der Waals surface area contributed by atoms with Gasteiger partial charge < -0.3 is 95.6 Å². The van der Waals surface area contributed by atoms with Crippen LogP contribution in [0.15, 0.2) is 0 Å². The van der Waals surface area contributed by atoms with Gasteiger partial charge in [-0.3, -0.25) is 4.79 Å². The molecule has 0 aromatic carbocycles. The predicted molar refractivity (Wildman–Crippen MR) is 258 cm³/mol. The van der Waals surface area contributed by atoms with E-state index in [1.807, 2.05) is 0 Å². The zero-order valence-electron chi connectivity index (χ0n) is 42.5. The predicted octanol–water partition coefficient (Wildman–Crippen LogP) is 1.51. The molecule has 3 fully saturated rings. The Balaban J connectivity index is 1.60. The maximum absolute atomic E-state index is 13.3. The molecule has 0 aromatic rings. The molecule has 21 nitrogen and oxygen atoms in total. The third-order valence-electron chi connectivity index (χ3n) is 14.1. The molecule has 0 radical (unpaired) electrons. The number of rotatable bonds is 38. The number of carbonyl (C=O) groups is 2. The molecule has 21 heteroatoms. The van der Waals surface area contributed by atoms with Gasteiger partial charge in [-0.1, -0.05) is 162 Å². The maximum Gasteiger partial charge on any atom is 0.335 e. The second-order valence-corrected chi connectivity index (χ2v) is 20.0. The molecular weight excluding hydrogens is 933 g/mol. The van der Waals surface area contributed by atoms with Gasteiger partial charge in [0.25, 0.3) is 0 Å². The minimum Gasteiger partial charge on any atom is -0.479 e. The average molecular weight is 1030 g/mol. The van der Waals surface area contributed by atoms with Crippen LogP contribution < -0.4 is 11.1 Å². The second-order valence-electron chi connectivity index (χ2n) is 20.0. The summed E-state index contributed by atoms with van der Waals surface area (Å²) in [5, 5.41) is 119. The van der Waals surface area contributed by atoms with Crippen molar-refractivity contribution < 1.29 is 94.2 Å². The van der Waals surface area contributed by atoms with Crippen molar-refractivity contribution in [3.8, 4) is 0 Å². The molecule has 3 saturated heterocycles. The Labute approximate surface area is 420 Å². The molecule has 0 spiro atoms. The molecule has 0 aliphatic carbocycles. The van der Waals surface area contributed by atoms with Crippen LogP contribution in [0.1, 0.15) is 174 Å². The van der Waals surface area contributed by atoms with Crippen molar-refractivity contribution in [2.75, 3.05) is 19.8 Å². The number of hydrogen-bond acceptors (Lipinski definition) is 19. The van der Waals surface area contributed by atoms with E-state index >= 15 is 0 Å². The first-order valence-corrected chi connectivity index (χ1v) is 26.9. The van der Waals surface area contributed by atoms with E-state index < -0.39 is 142 Å². The molecule has 0 unspecified atom stereocenters. The van der Waals surface area contributed by atoms with Gasteiger partial charge >= 0.3 is 5.97 Å². The van der Waals surface area contributed by atoms with E-state index in [4.69, 9.17) is 34.2 Å². The smallest absolute Gasteiger partial charge is 0.335 e. The molecule has 0 bridgehead atoms. The number of nitrogens with two attached hydrogens (primary N) is 1. The topological polar surface area (TPSA) is 350 Å². The number of carboxylic acid groups (broad SMARTS) is 1. The van der Waals surface area contributed by atoms with Crippen molar-refractivity contribution in [2.45, 2.75) is 285 Å². The standard InChI is InChI=1S/C50H94N2O19/c1-3-5-7-9-11-13-15-16-17-19-20-22-24-26-32(54)31(52-46(63)33(55)27-25-23-21-18-14-12-10-8-6-4-2)29-66-50-43(62)41(60)44(45(71-50)47(64)65)70-48-36(51)39(58)38(57)35(69-48)30-67-49-42(61)40(59)37(56)34(28-53)68-49/h31-45,48-50,53-62H,3-30,51H2,1-2H3,(H,52,63)(H,64,65)/t31-,32+,33+,34+,35+,36+,37-,38+,39+,40-,41+,42+,43+,44-,45-,48+,49-,50-/m0/s1. The van der Waals surface area contributed by atoms with Crippen molar-refractivity contribution in [3.63, 3.8) is 0 Å². The second kappa shape index (κ2) is 35.5. The van der Waals surface area contributed by atoms with E-state index in [0.29, 0.717) is 12.8 Å². The van der Waals surface area contributed by atoms with Crippen molar-refractivity contribution >= 4 is 11.9 Å². The van der Waals surface area contributed by atoms with Crippen molar-refractivity contribution in [2.24, 2.45) is 5.73 Å². The third kappa shape index (κ3) is 21.8. The lowest BCUT2D eigenvalue weighted by Gasteiger charge is -2.46. The summed E-state index contributed by atoms with van der Waals surface area (Å²) in [5.41, 5.74) is 6.10. The fraction of sp³-hybridized carbons (Fsp3) is 0.960. The first kappa shape index (κ1) is 63.6. The van der Waals surface area contributed by atoms with Gasteiger partial charge in [0, 0.05) is 0 Å². The van der Waals surface area contributed by atoms with Crippen LogP contribution >= 0.6 is 0 Å². The highest BCUT2D eigenvalue weighted by Crippen LogP contribution is 2.31. The summed E-state index contributed by atoms with van der Waals surface area (Å²) in [6, 6.07) is -2.70. The van der Waals surface area contributed by atoms with Crippen molar-refractivity contribution in [1.82, 2.24) is 5.32 Å². The molecule has 0 aromatic heterocycles. The number of amides is 1. The fourth-order valence-electron chi connectivity index (χ4n) is 9.34. The quantitative estimate of drug-likeness (QED) is 0.0390. The summed E-state index contributed by atoms with van der Waals surface area (Å²) in [6.07, 6.45) is -1.45. The van der Waals surface area contributed by atoms with Gasteiger partial charge in [0.2, 0.25) is 5.91 Å². The van der Waals surface area contributed by atoms with Gasteiger partial charge in [-0.15, -0.1) is 0 Å². The van der Waals surface area contributed by atoms with Crippen LogP contribution in [0.4, 0.5) is 0 Å². The monoisotopic (exact) mass is 1030 g/mol. The van der Waals surface area contributed by atoms with E-state index in [0.717, 1.165) is 51.4 Å². The molecule has 0 saturated carbocycles. The zero-order valence-corrected chi connectivity index (χ0v) is 42.5. The Bertz CT molecular complexity index is 1410. The highest BCUT2D eigenvalue weighted by atomic mass is 16.7. The molecule has 418 valence electrons. The third-order valence-corrected chi connectivity index (χ3v) is 14.1. The minimum atomic E-state index is -2.06. The summed E-state index contributed by atoms with van der Waals surface area (Å²) in [5.74, 6) is -2.40. The normalized spacial score (nSPS) is 32.6. The summed E-state index contributed by atoms with van der Waals surface area (Å²) in [7, 11) is 0. The Morgan fingerprint density at radius 1 is 0.549 bits per heavy atom. The average Bonchev–Trinajstić information content (AvgIpc) is 3.35. The Kier molecular flexibility index (Phi) is 31.8. The van der Waals surface area contributed by atoms with Crippen molar-refractivity contribution in [3.05, 3.63) is 0 Å². The fourth-order valence-corrected chi connectivity index (χ4v) is 9.34. The first-order chi connectivity index (χ1) is 34.1. The summed E-state index contributed by atoms with van der Waals surface area (Å²) < 4.78 is 33.7. The van der Waals surface area contributed by atoms with E-state index in [1.54, 1.807) is 0 Å². The first-order valence-electron chi connectivity index (χ1n) is 26.9. The molecule has 3 aliphatic heterocycles. The molecule has 18 atom stereocenters. The number of carboxylic acids is 1. The van der Waals surface area contributed by atoms with Gasteiger partial charge in [-0.25, -0.2) is 4.79 Å². The number of nitrogens with one attached hydrogen (secondary N) is 1. The van der Waals surface area contributed by atoms with Gasteiger partial charge in [0.05, 0.1) is 38.0 Å². The summed E-state index contributed by atoms with van der Waals surface area (Å²) >= 11 is 0. The lowest BCUT2D eigenvalue weighted by atomic mass is 9.95. The number of hydrogen-bond donors (Lipinski definition) is 13. The van der Waals surface area contributed by atoms with Crippen LogP contribution in [0, 0.1) is 0 Å². The van der Waals surface area contributed by atoms with Crippen LogP contribution in [-0.4, -0.2) is 198 Å². The van der Waals surface area contributed by atoms with E-state index in [2.05, 4.69) is 19.2 Å². The van der Waals surface area contributed by atoms with Crippen molar-refractivity contribution in [1.29, 1.82) is 0 Å². The molecule has 14 N–H and O–H groups in total. The highest BCUT2D eigenvalue weighted by Gasteiger charge is 2.53. The van der Waals surface area contributed by atoms with Gasteiger partial charge in [0.15, 0.2) is 25.0 Å². The molecule has 3 rings (SSSR count). The lowest BCUT2D eigenvalue weighted by Crippen LogP contribution is -2.67. The van der Waals surface area contributed by atoms with Gasteiger partial charge in [-0.2, -0.15) is 0 Å². The molecule has 1 amide bonds. The van der Waals surface area contributed by atoms with Gasteiger partial charge in [0.1, 0.15) is 67.1 Å². The van der Waals surface area contributed by atoms with Crippen LogP contribution in [0.5, 0.6) is 0 Å². The van der Waals surface area contributed by atoms with Crippen LogP contribution in [-0.2, 0) is 38.0 Å². The van der Waals surface area contributed by atoms with Gasteiger partial charge in [-0.05, 0) is 12.8 Å². The molecule has 71 heavy (non-hydrogen) atoms. The molecule has 3 heterocycles. The van der Waals surface area contributed by atoms with E-state index in [1.165, 1.54) is 83.5 Å². The van der Waals surface area contributed by atoms with Crippen LogP contribution in [0.2, 0.25) is 0 Å². The summed E-state index contributed by atoms with van der Waals surface area (Å²) in [4.78, 5) is 25.9. The van der Waals surface area contributed by atoms with Crippen LogP contribution in [0.25, 0.3) is 0 Å².